The van der Waals surface area contributed by atoms with Gasteiger partial charge in [-0.3, -0.25) is 24.6 Å². The predicted octanol–water partition coefficient (Wildman–Crippen LogP) is 3.36. The van der Waals surface area contributed by atoms with E-state index in [1.165, 1.54) is 40.6 Å². The second kappa shape index (κ2) is 10.9. The number of carboxylic acid groups (broad SMARTS) is 1. The smallest absolute Gasteiger partial charge is 0.354 e. The molecule has 198 valence electrons. The first-order valence-electron chi connectivity index (χ1n) is 12.0. The van der Waals surface area contributed by atoms with Crippen molar-refractivity contribution in [3.8, 4) is 0 Å². The molecule has 0 unspecified atom stereocenters. The number of aliphatic hydroxyl groups excluding tert-OH is 1. The van der Waals surface area contributed by atoms with Crippen LogP contribution in [0, 0.1) is 16.0 Å². The molecule has 0 bridgehead atoms. The molecule has 3 aliphatic rings. The average molecular weight is 548 g/mol. The Bertz CT molecular complexity index is 1150. The normalized spacial score (nSPS) is 25.6. The lowest BCUT2D eigenvalue weighted by atomic mass is 9.78. The van der Waals surface area contributed by atoms with Crippen molar-refractivity contribution in [3.05, 3.63) is 62.5 Å². The minimum absolute atomic E-state index is 0.00928. The quantitative estimate of drug-likeness (QED) is 0.185. The first kappa shape index (κ1) is 27.2. The van der Waals surface area contributed by atoms with Gasteiger partial charge in [0.25, 0.3) is 5.69 Å². The fourth-order valence-corrected chi connectivity index (χ4v) is 8.63. The highest BCUT2D eigenvalue weighted by Crippen LogP contribution is 2.63. The van der Waals surface area contributed by atoms with Crippen molar-refractivity contribution in [2.75, 3.05) is 13.1 Å². The Balaban J connectivity index is 1.59. The third kappa shape index (κ3) is 5.27. The van der Waals surface area contributed by atoms with Gasteiger partial charge in [-0.1, -0.05) is 30.0 Å². The van der Waals surface area contributed by atoms with Crippen LogP contribution >= 0.6 is 23.5 Å². The van der Waals surface area contributed by atoms with Gasteiger partial charge in [0, 0.05) is 43.3 Å². The lowest BCUT2D eigenvalue weighted by Crippen LogP contribution is -2.68. The molecule has 2 fully saturated rings. The summed E-state index contributed by atoms with van der Waals surface area (Å²) >= 11 is 2.70. The number of nitro benzene ring substituents is 1. The molecule has 10 nitrogen and oxygen atoms in total. The van der Waals surface area contributed by atoms with Crippen LogP contribution < -0.4 is 0 Å². The largest absolute Gasteiger partial charge is 0.477 e. The summed E-state index contributed by atoms with van der Waals surface area (Å²) in [5, 5.41) is 31.2. The third-order valence-corrected chi connectivity index (χ3v) is 9.85. The van der Waals surface area contributed by atoms with Crippen LogP contribution in [0.15, 0.2) is 46.9 Å². The van der Waals surface area contributed by atoms with E-state index >= 15 is 0 Å². The maximum atomic E-state index is 13.2. The number of rotatable bonds is 11. The van der Waals surface area contributed by atoms with Crippen LogP contribution in [0.4, 0.5) is 5.69 Å². The van der Waals surface area contributed by atoms with Crippen LogP contribution in [0.5, 0.6) is 0 Å². The number of likely N-dealkylation sites (tertiary alicyclic amines) is 1. The second-order valence-corrected chi connectivity index (χ2v) is 12.4. The number of allylic oxidation sites excluding steroid dienone is 1. The lowest BCUT2D eigenvalue weighted by Gasteiger charge is -2.53. The Morgan fingerprint density at radius 3 is 2.68 bits per heavy atom. The number of aliphatic hydroxyl groups is 1. The number of nitro groups is 1. The van der Waals surface area contributed by atoms with Gasteiger partial charge in [-0.05, 0) is 31.7 Å². The summed E-state index contributed by atoms with van der Waals surface area (Å²) in [6.45, 7) is 6.33. The molecule has 1 aromatic rings. The van der Waals surface area contributed by atoms with E-state index in [0.717, 1.165) is 5.56 Å². The summed E-state index contributed by atoms with van der Waals surface area (Å²) in [7, 11) is 0. The van der Waals surface area contributed by atoms with E-state index in [4.69, 9.17) is 0 Å². The molecule has 2 amide bonds. The first-order chi connectivity index (χ1) is 17.6. The van der Waals surface area contributed by atoms with Gasteiger partial charge in [0.05, 0.1) is 21.2 Å². The zero-order chi connectivity index (χ0) is 26.9. The molecule has 12 heteroatoms. The second-order valence-electron chi connectivity index (χ2n) is 9.50. The van der Waals surface area contributed by atoms with E-state index in [-0.39, 0.29) is 41.3 Å². The maximum Gasteiger partial charge on any atom is 0.354 e. The number of benzene rings is 1. The van der Waals surface area contributed by atoms with Crippen LogP contribution in [-0.2, 0) is 20.8 Å². The number of carboxylic acids is 1. The molecular formula is C25H29N3O7S2. The number of thioether (sulfide) groups is 2. The molecular weight excluding hydrogens is 518 g/mol. The Hall–Kier alpha value is -2.83. The molecule has 1 aromatic carbocycles. The molecule has 2 N–H and O–H groups in total. The number of hydrogen-bond donors (Lipinski definition) is 2. The van der Waals surface area contributed by atoms with E-state index in [9.17, 15) is 34.7 Å². The van der Waals surface area contributed by atoms with E-state index in [0.29, 0.717) is 36.6 Å². The molecule has 37 heavy (non-hydrogen) atoms. The van der Waals surface area contributed by atoms with Crippen LogP contribution in [0.25, 0.3) is 0 Å². The minimum atomic E-state index is -1.21. The summed E-state index contributed by atoms with van der Waals surface area (Å²) in [6, 6.07) is 6.00. The summed E-state index contributed by atoms with van der Waals surface area (Å²) in [5.41, 5.74) is 0.596. The topological polar surface area (TPSA) is 141 Å². The number of carbonyl (C=O) groups excluding carboxylic acids is 2. The number of carbonyl (C=O) groups is 3. The summed E-state index contributed by atoms with van der Waals surface area (Å²) in [6.07, 6.45) is 3.09. The fraction of sp³-hybridized carbons (Fsp3) is 0.480. The van der Waals surface area contributed by atoms with Gasteiger partial charge < -0.3 is 15.1 Å². The number of hydrogen-bond acceptors (Lipinski definition) is 8. The Morgan fingerprint density at radius 1 is 1.38 bits per heavy atom. The number of fused-ring (bicyclic) bond motifs is 1. The van der Waals surface area contributed by atoms with Crippen LogP contribution in [-0.4, -0.2) is 72.0 Å². The van der Waals surface area contributed by atoms with Crippen molar-refractivity contribution in [3.63, 3.8) is 0 Å². The molecule has 4 atom stereocenters. The summed E-state index contributed by atoms with van der Waals surface area (Å²) in [5.74, 6) is -2.13. The van der Waals surface area contributed by atoms with Crippen molar-refractivity contribution in [2.24, 2.45) is 5.92 Å². The van der Waals surface area contributed by atoms with E-state index in [1.54, 1.807) is 30.0 Å². The molecule has 4 rings (SSSR count). The van der Waals surface area contributed by atoms with Crippen LogP contribution in [0.3, 0.4) is 0 Å². The lowest BCUT2D eigenvalue weighted by molar-refractivity contribution is -0.384. The fourth-order valence-electron chi connectivity index (χ4n) is 5.08. The number of amides is 2. The number of aliphatic carboxylic acids is 1. The zero-order valence-electron chi connectivity index (χ0n) is 20.4. The average Bonchev–Trinajstić information content (AvgIpc) is 3.43. The Kier molecular flexibility index (Phi) is 8.00. The van der Waals surface area contributed by atoms with Gasteiger partial charge in [-0.2, -0.15) is 0 Å². The van der Waals surface area contributed by atoms with Crippen LogP contribution in [0.2, 0.25) is 0 Å². The van der Waals surface area contributed by atoms with Crippen molar-refractivity contribution in [1.29, 1.82) is 0 Å². The Morgan fingerprint density at radius 2 is 2.08 bits per heavy atom. The number of nitrogens with zero attached hydrogens (tertiary/aromatic N) is 3. The van der Waals surface area contributed by atoms with E-state index in [1.807, 2.05) is 0 Å². The monoisotopic (exact) mass is 547 g/mol. The molecule has 0 radical (unpaired) electrons. The van der Waals surface area contributed by atoms with E-state index in [2.05, 4.69) is 6.58 Å². The number of non-ortho nitro benzene ring substituents is 1. The van der Waals surface area contributed by atoms with Crippen LogP contribution in [0.1, 0.15) is 38.2 Å². The molecule has 3 aliphatic heterocycles. The van der Waals surface area contributed by atoms with Crippen molar-refractivity contribution >= 4 is 47.0 Å². The highest BCUT2D eigenvalue weighted by Gasteiger charge is 2.67. The van der Waals surface area contributed by atoms with Crippen molar-refractivity contribution in [1.82, 2.24) is 9.80 Å². The predicted molar refractivity (Wildman–Crippen MR) is 140 cm³/mol. The van der Waals surface area contributed by atoms with Crippen molar-refractivity contribution < 1.29 is 29.5 Å². The number of β-lactam (4-membered cyclic amide) rings is 1. The van der Waals surface area contributed by atoms with Gasteiger partial charge in [-0.15, -0.1) is 18.3 Å². The molecule has 0 spiro atoms. The molecule has 0 aliphatic carbocycles. The first-order valence-corrected chi connectivity index (χ1v) is 13.7. The maximum absolute atomic E-state index is 13.2. The van der Waals surface area contributed by atoms with Gasteiger partial charge >= 0.3 is 5.97 Å². The van der Waals surface area contributed by atoms with Gasteiger partial charge in [0.15, 0.2) is 5.70 Å². The van der Waals surface area contributed by atoms with E-state index < -0.39 is 27.8 Å². The zero-order valence-corrected chi connectivity index (χ0v) is 22.0. The SMILES string of the molecule is C=CCCC(=O)N1CC[C@H](SC2=C(C(=O)O)N3C(=O)[C@@H](C[C@H](C)O)[C@@]3(Cc3ccc([N+](=O)[O-])cc3)S2)C1. The van der Waals surface area contributed by atoms with Gasteiger partial charge in [0.2, 0.25) is 11.8 Å². The molecule has 2 saturated heterocycles. The minimum Gasteiger partial charge on any atom is -0.477 e. The summed E-state index contributed by atoms with van der Waals surface area (Å²) in [4.78, 5) is 50.7. The summed E-state index contributed by atoms with van der Waals surface area (Å²) < 4.78 is 0.515. The Labute approximate surface area is 222 Å². The standard InChI is InChI=1S/C25H29N3O7S2/c1-3-4-5-20(30)26-11-10-18(14-26)36-24-21(23(32)33)27-22(31)19(12-15(2)29)25(27,37-24)13-16-6-8-17(9-7-16)28(34)35/h3,6-9,15,18-19,29H,1,4-5,10-14H2,2H3,(H,32,33)/t15-,18-,19+,25+/m0/s1. The molecule has 3 heterocycles. The highest BCUT2D eigenvalue weighted by atomic mass is 32.2. The highest BCUT2D eigenvalue weighted by molar-refractivity contribution is 8.23. The van der Waals surface area contributed by atoms with Gasteiger partial charge in [-0.25, -0.2) is 4.79 Å². The molecule has 0 aromatic heterocycles. The van der Waals surface area contributed by atoms with Gasteiger partial charge in [0.1, 0.15) is 4.87 Å². The van der Waals surface area contributed by atoms with Crippen molar-refractivity contribution in [2.45, 2.75) is 55.3 Å². The molecule has 0 saturated carbocycles. The third-order valence-electron chi connectivity index (χ3n) is 6.85.